The molecule has 29 heavy (non-hydrogen) atoms. The summed E-state index contributed by atoms with van der Waals surface area (Å²) < 4.78 is 5.78. The van der Waals surface area contributed by atoms with Gasteiger partial charge in [0.2, 0.25) is 0 Å². The SMILES string of the molecule is C=C.C=C.CCCCCCCCCCCCOCCCCCCCCCCCC. The van der Waals surface area contributed by atoms with Crippen LogP contribution in [0.15, 0.2) is 26.3 Å². The zero-order chi connectivity index (χ0) is 22.3. The number of ether oxygens (including phenoxy) is 1. The molecule has 0 fully saturated rings. The Labute approximate surface area is 186 Å². The lowest BCUT2D eigenvalue weighted by molar-refractivity contribution is 0.125. The van der Waals surface area contributed by atoms with Gasteiger partial charge in [-0.15, -0.1) is 26.3 Å². The Morgan fingerprint density at radius 3 is 0.793 bits per heavy atom. The van der Waals surface area contributed by atoms with E-state index in [0.29, 0.717) is 0 Å². The van der Waals surface area contributed by atoms with Crippen LogP contribution in [0.4, 0.5) is 0 Å². The number of hydrogen-bond donors (Lipinski definition) is 0. The minimum absolute atomic E-state index is 0.994. The molecule has 0 unspecified atom stereocenters. The molecule has 0 amide bonds. The molecule has 0 aliphatic rings. The van der Waals surface area contributed by atoms with Crippen LogP contribution in [0.2, 0.25) is 0 Å². The van der Waals surface area contributed by atoms with E-state index >= 15 is 0 Å². The van der Waals surface area contributed by atoms with Crippen molar-refractivity contribution in [3.63, 3.8) is 0 Å². The Hall–Kier alpha value is -0.560. The molecule has 0 aromatic carbocycles. The minimum atomic E-state index is 0.994. The number of hydrogen-bond acceptors (Lipinski definition) is 1. The van der Waals surface area contributed by atoms with E-state index in [9.17, 15) is 0 Å². The average Bonchev–Trinajstić information content (AvgIpc) is 2.77. The molecule has 176 valence electrons. The molecule has 0 rings (SSSR count). The molecular formula is C28H58O. The second kappa shape index (κ2) is 38.1. The van der Waals surface area contributed by atoms with Gasteiger partial charge in [0.05, 0.1) is 0 Å². The highest BCUT2D eigenvalue weighted by atomic mass is 16.5. The average molecular weight is 411 g/mol. The molecule has 0 saturated heterocycles. The third-order valence-electron chi connectivity index (χ3n) is 5.28. The van der Waals surface area contributed by atoms with E-state index in [1.807, 2.05) is 0 Å². The first kappa shape index (κ1) is 33.1. The van der Waals surface area contributed by atoms with Crippen molar-refractivity contribution in [1.29, 1.82) is 0 Å². The number of rotatable bonds is 22. The summed E-state index contributed by atoms with van der Waals surface area (Å²) in [5, 5.41) is 0. The summed E-state index contributed by atoms with van der Waals surface area (Å²) in [4.78, 5) is 0. The number of unbranched alkanes of at least 4 members (excludes halogenated alkanes) is 18. The predicted molar refractivity (Wildman–Crippen MR) is 137 cm³/mol. The van der Waals surface area contributed by atoms with Crippen LogP contribution in [0.3, 0.4) is 0 Å². The van der Waals surface area contributed by atoms with Gasteiger partial charge in [-0.3, -0.25) is 0 Å². The lowest BCUT2D eigenvalue weighted by Gasteiger charge is -2.05. The van der Waals surface area contributed by atoms with Gasteiger partial charge < -0.3 is 4.74 Å². The van der Waals surface area contributed by atoms with E-state index in [1.165, 1.54) is 128 Å². The van der Waals surface area contributed by atoms with E-state index in [1.54, 1.807) is 0 Å². The first-order valence-electron chi connectivity index (χ1n) is 13.0. The van der Waals surface area contributed by atoms with Crippen LogP contribution in [0.5, 0.6) is 0 Å². The lowest BCUT2D eigenvalue weighted by atomic mass is 10.1. The summed E-state index contributed by atoms with van der Waals surface area (Å²) in [5.74, 6) is 0. The third-order valence-corrected chi connectivity index (χ3v) is 5.28. The van der Waals surface area contributed by atoms with E-state index in [0.717, 1.165) is 13.2 Å². The van der Waals surface area contributed by atoms with Crippen molar-refractivity contribution in [2.75, 3.05) is 13.2 Å². The van der Waals surface area contributed by atoms with Gasteiger partial charge >= 0.3 is 0 Å². The van der Waals surface area contributed by atoms with Gasteiger partial charge in [0.15, 0.2) is 0 Å². The molecule has 0 aromatic heterocycles. The van der Waals surface area contributed by atoms with Gasteiger partial charge in [-0.1, -0.05) is 129 Å². The van der Waals surface area contributed by atoms with Crippen LogP contribution in [0.25, 0.3) is 0 Å². The van der Waals surface area contributed by atoms with Gasteiger partial charge in [-0.2, -0.15) is 0 Å². The highest BCUT2D eigenvalue weighted by molar-refractivity contribution is 4.49. The summed E-state index contributed by atoms with van der Waals surface area (Å²) in [6.45, 7) is 18.6. The quantitative estimate of drug-likeness (QED) is 0.127. The van der Waals surface area contributed by atoms with Crippen LogP contribution >= 0.6 is 0 Å². The van der Waals surface area contributed by atoms with Gasteiger partial charge in [-0.05, 0) is 12.8 Å². The first-order chi connectivity index (χ1) is 14.4. The van der Waals surface area contributed by atoms with Crippen molar-refractivity contribution in [3.05, 3.63) is 26.3 Å². The molecule has 0 atom stereocenters. The van der Waals surface area contributed by atoms with Gasteiger partial charge in [0.25, 0.3) is 0 Å². The molecule has 0 heterocycles. The summed E-state index contributed by atoms with van der Waals surface area (Å²) in [7, 11) is 0. The van der Waals surface area contributed by atoms with E-state index in [2.05, 4.69) is 40.2 Å². The maximum Gasteiger partial charge on any atom is 0.0466 e. The molecular weight excluding hydrogens is 352 g/mol. The van der Waals surface area contributed by atoms with Crippen molar-refractivity contribution in [2.24, 2.45) is 0 Å². The van der Waals surface area contributed by atoms with Crippen molar-refractivity contribution >= 4 is 0 Å². The predicted octanol–water partition coefficient (Wildman–Crippen LogP) is 10.4. The normalized spacial score (nSPS) is 10.0. The molecule has 0 radical (unpaired) electrons. The summed E-state index contributed by atoms with van der Waals surface area (Å²) in [5.41, 5.74) is 0. The fraction of sp³-hybridized carbons (Fsp3) is 0.857. The van der Waals surface area contributed by atoms with Crippen LogP contribution in [-0.4, -0.2) is 13.2 Å². The molecule has 0 N–H and O–H groups in total. The molecule has 0 bridgehead atoms. The van der Waals surface area contributed by atoms with E-state index in [-0.39, 0.29) is 0 Å². The Morgan fingerprint density at radius 2 is 0.552 bits per heavy atom. The summed E-state index contributed by atoms with van der Waals surface area (Å²) in [6.07, 6.45) is 28.2. The van der Waals surface area contributed by atoms with Crippen LogP contribution in [0, 0.1) is 0 Å². The van der Waals surface area contributed by atoms with Crippen molar-refractivity contribution in [3.8, 4) is 0 Å². The topological polar surface area (TPSA) is 9.23 Å². The van der Waals surface area contributed by atoms with Crippen molar-refractivity contribution in [2.45, 2.75) is 142 Å². The molecule has 0 saturated carbocycles. The second-order valence-electron chi connectivity index (χ2n) is 7.98. The summed E-state index contributed by atoms with van der Waals surface area (Å²) in [6, 6.07) is 0. The lowest BCUT2D eigenvalue weighted by Crippen LogP contribution is -1.97. The highest BCUT2D eigenvalue weighted by Crippen LogP contribution is 2.12. The fourth-order valence-electron chi connectivity index (χ4n) is 3.49. The van der Waals surface area contributed by atoms with E-state index < -0.39 is 0 Å². The molecule has 1 nitrogen and oxygen atoms in total. The summed E-state index contributed by atoms with van der Waals surface area (Å²) >= 11 is 0. The third kappa shape index (κ3) is 38.6. The van der Waals surface area contributed by atoms with Crippen LogP contribution in [0.1, 0.15) is 142 Å². The van der Waals surface area contributed by atoms with Crippen molar-refractivity contribution < 1.29 is 4.74 Å². The monoisotopic (exact) mass is 410 g/mol. The zero-order valence-electron chi connectivity index (χ0n) is 20.8. The molecule has 0 aliphatic carbocycles. The highest BCUT2D eigenvalue weighted by Gasteiger charge is 1.95. The van der Waals surface area contributed by atoms with E-state index in [4.69, 9.17) is 4.74 Å². The zero-order valence-corrected chi connectivity index (χ0v) is 20.8. The first-order valence-corrected chi connectivity index (χ1v) is 13.0. The largest absolute Gasteiger partial charge is 0.381 e. The standard InChI is InChI=1S/C24H50O.2C2H4/c1-3-5-7-9-11-13-15-17-19-21-23-25-24-22-20-18-16-14-12-10-8-6-4-2;2*1-2/h3-24H2,1-2H3;2*1-2H2. The maximum atomic E-state index is 5.78. The maximum absolute atomic E-state index is 5.78. The molecule has 0 aromatic rings. The smallest absolute Gasteiger partial charge is 0.0466 e. The van der Waals surface area contributed by atoms with Crippen molar-refractivity contribution in [1.82, 2.24) is 0 Å². The molecule has 0 spiro atoms. The Balaban J connectivity index is -0.00000158. The van der Waals surface area contributed by atoms with Gasteiger partial charge in [0.1, 0.15) is 0 Å². The Bertz CT molecular complexity index is 214. The van der Waals surface area contributed by atoms with Crippen LogP contribution < -0.4 is 0 Å². The Kier molecular flexibility index (Phi) is 43.5. The minimum Gasteiger partial charge on any atom is -0.381 e. The fourth-order valence-corrected chi connectivity index (χ4v) is 3.49. The van der Waals surface area contributed by atoms with Crippen LogP contribution in [-0.2, 0) is 4.74 Å². The Morgan fingerprint density at radius 1 is 0.345 bits per heavy atom. The van der Waals surface area contributed by atoms with Gasteiger partial charge in [0, 0.05) is 13.2 Å². The second-order valence-corrected chi connectivity index (χ2v) is 7.98. The molecule has 0 aliphatic heterocycles. The van der Waals surface area contributed by atoms with Gasteiger partial charge in [-0.25, -0.2) is 0 Å². The molecule has 1 heteroatoms.